The van der Waals surface area contributed by atoms with E-state index in [4.69, 9.17) is 0 Å². The summed E-state index contributed by atoms with van der Waals surface area (Å²) in [6.07, 6.45) is 0. The van der Waals surface area contributed by atoms with Crippen LogP contribution in [0.25, 0.3) is 0 Å². The van der Waals surface area contributed by atoms with Gasteiger partial charge in [-0.3, -0.25) is 0 Å². The molecular weight excluding hydrogens is 196 g/mol. The van der Waals surface area contributed by atoms with E-state index < -0.39 is 0 Å². The number of aromatic nitrogens is 2. The Morgan fingerprint density at radius 2 is 2.36 bits per heavy atom. The van der Waals surface area contributed by atoms with Gasteiger partial charge in [-0.15, -0.1) is 10.2 Å². The number of hydrogen-bond acceptors (Lipinski definition) is 5. The Balaban J connectivity index is 2.08. The maximum atomic E-state index is 4.18. The monoisotopic (exact) mass is 212 g/mol. The number of anilines is 1. The molecule has 1 aliphatic rings. The third kappa shape index (κ3) is 2.22. The molecule has 4 nitrogen and oxygen atoms in total. The van der Waals surface area contributed by atoms with E-state index in [-0.39, 0.29) is 0 Å². The second kappa shape index (κ2) is 4.23. The normalized spacial score (nSPS) is 23.6. The lowest BCUT2D eigenvalue weighted by atomic mass is 10.2. The molecule has 1 atom stereocenters. The van der Waals surface area contributed by atoms with Gasteiger partial charge in [0.15, 0.2) is 0 Å². The van der Waals surface area contributed by atoms with Gasteiger partial charge in [-0.25, -0.2) is 0 Å². The molecule has 0 bridgehead atoms. The maximum Gasteiger partial charge on any atom is 0.208 e. The third-order valence-electron chi connectivity index (χ3n) is 2.37. The van der Waals surface area contributed by atoms with Crippen LogP contribution in [0.3, 0.4) is 0 Å². The van der Waals surface area contributed by atoms with Gasteiger partial charge in [0, 0.05) is 19.6 Å². The van der Waals surface area contributed by atoms with Gasteiger partial charge in [0.05, 0.1) is 0 Å². The van der Waals surface area contributed by atoms with Gasteiger partial charge in [0.2, 0.25) is 5.13 Å². The van der Waals surface area contributed by atoms with E-state index >= 15 is 0 Å². The average Bonchev–Trinajstić information content (AvgIpc) is 2.45. The smallest absolute Gasteiger partial charge is 0.208 e. The van der Waals surface area contributed by atoms with E-state index in [0.29, 0.717) is 5.92 Å². The minimum absolute atomic E-state index is 0.682. The molecule has 1 aliphatic heterocycles. The second-order valence-corrected chi connectivity index (χ2v) is 5.02. The van der Waals surface area contributed by atoms with Crippen molar-refractivity contribution in [3.63, 3.8) is 0 Å². The molecule has 14 heavy (non-hydrogen) atoms. The first-order valence-electron chi connectivity index (χ1n) is 5.01. The SMILES string of the molecule is Cc1nnc(N2CCNCC(C)C2)s1. The zero-order valence-corrected chi connectivity index (χ0v) is 9.47. The van der Waals surface area contributed by atoms with Crippen LogP contribution in [0.2, 0.25) is 0 Å². The van der Waals surface area contributed by atoms with Crippen molar-refractivity contribution < 1.29 is 0 Å². The van der Waals surface area contributed by atoms with Crippen molar-refractivity contribution in [3.8, 4) is 0 Å². The molecule has 78 valence electrons. The van der Waals surface area contributed by atoms with Crippen LogP contribution in [0, 0.1) is 12.8 Å². The summed E-state index contributed by atoms with van der Waals surface area (Å²) in [6, 6.07) is 0. The zero-order chi connectivity index (χ0) is 9.97. The minimum Gasteiger partial charge on any atom is -0.345 e. The quantitative estimate of drug-likeness (QED) is 0.750. The molecule has 0 aliphatic carbocycles. The molecule has 1 saturated heterocycles. The van der Waals surface area contributed by atoms with E-state index in [1.807, 2.05) is 6.92 Å². The van der Waals surface area contributed by atoms with Gasteiger partial charge in [0.1, 0.15) is 5.01 Å². The Bertz CT molecular complexity index is 299. The van der Waals surface area contributed by atoms with Crippen LogP contribution in [0.1, 0.15) is 11.9 Å². The van der Waals surface area contributed by atoms with Gasteiger partial charge >= 0.3 is 0 Å². The van der Waals surface area contributed by atoms with Gasteiger partial charge in [0.25, 0.3) is 0 Å². The predicted molar refractivity (Wildman–Crippen MR) is 58.9 cm³/mol. The molecule has 1 aromatic heterocycles. The summed E-state index contributed by atoms with van der Waals surface area (Å²) < 4.78 is 0. The van der Waals surface area contributed by atoms with Crippen LogP contribution < -0.4 is 10.2 Å². The Kier molecular flexibility index (Phi) is 2.98. The molecule has 2 rings (SSSR count). The molecule has 0 radical (unpaired) electrons. The fourth-order valence-electron chi connectivity index (χ4n) is 1.68. The lowest BCUT2D eigenvalue weighted by Crippen LogP contribution is -2.29. The van der Waals surface area contributed by atoms with Crippen LogP contribution in [0.15, 0.2) is 0 Å². The van der Waals surface area contributed by atoms with Crippen LogP contribution in [-0.2, 0) is 0 Å². The first-order chi connectivity index (χ1) is 6.75. The van der Waals surface area contributed by atoms with Crippen molar-refractivity contribution in [2.24, 2.45) is 5.92 Å². The fraction of sp³-hybridized carbons (Fsp3) is 0.778. The molecule has 0 aromatic carbocycles. The van der Waals surface area contributed by atoms with E-state index in [2.05, 4.69) is 27.3 Å². The minimum atomic E-state index is 0.682. The van der Waals surface area contributed by atoms with Crippen molar-refractivity contribution in [2.75, 3.05) is 31.1 Å². The Labute approximate surface area is 88.3 Å². The molecule has 2 heterocycles. The molecule has 1 unspecified atom stereocenters. The lowest BCUT2D eigenvalue weighted by molar-refractivity contribution is 0.563. The molecule has 0 saturated carbocycles. The molecule has 0 amide bonds. The predicted octanol–water partition coefficient (Wildman–Crippen LogP) is 0.892. The van der Waals surface area contributed by atoms with Crippen LogP contribution in [-0.4, -0.2) is 36.4 Å². The largest absolute Gasteiger partial charge is 0.345 e. The third-order valence-corrected chi connectivity index (χ3v) is 3.27. The molecular formula is C9H16N4S. The summed E-state index contributed by atoms with van der Waals surface area (Å²) in [7, 11) is 0. The van der Waals surface area contributed by atoms with E-state index in [1.165, 1.54) is 0 Å². The van der Waals surface area contributed by atoms with Crippen LogP contribution >= 0.6 is 11.3 Å². The van der Waals surface area contributed by atoms with Crippen molar-refractivity contribution >= 4 is 16.5 Å². The van der Waals surface area contributed by atoms with Gasteiger partial charge in [-0.1, -0.05) is 18.3 Å². The first kappa shape index (κ1) is 9.86. The molecule has 5 heteroatoms. The molecule has 1 aromatic rings. The molecule has 0 spiro atoms. The maximum absolute atomic E-state index is 4.18. The number of nitrogens with zero attached hydrogens (tertiary/aromatic N) is 3. The highest BCUT2D eigenvalue weighted by Crippen LogP contribution is 2.20. The van der Waals surface area contributed by atoms with E-state index in [0.717, 1.165) is 36.3 Å². The summed E-state index contributed by atoms with van der Waals surface area (Å²) in [5, 5.41) is 13.8. The van der Waals surface area contributed by atoms with Gasteiger partial charge in [-0.2, -0.15) is 0 Å². The standard InChI is InChI=1S/C9H16N4S/c1-7-5-10-3-4-13(6-7)9-12-11-8(2)14-9/h7,10H,3-6H2,1-2H3. The zero-order valence-electron chi connectivity index (χ0n) is 8.66. The van der Waals surface area contributed by atoms with Crippen molar-refractivity contribution in [3.05, 3.63) is 5.01 Å². The number of rotatable bonds is 1. The van der Waals surface area contributed by atoms with Gasteiger partial charge in [-0.05, 0) is 19.4 Å². The summed E-state index contributed by atoms with van der Waals surface area (Å²) in [4.78, 5) is 2.33. The van der Waals surface area contributed by atoms with Crippen molar-refractivity contribution in [1.82, 2.24) is 15.5 Å². The number of nitrogens with one attached hydrogen (secondary N) is 1. The number of hydrogen-bond donors (Lipinski definition) is 1. The summed E-state index contributed by atoms with van der Waals surface area (Å²) in [6.45, 7) is 8.54. The summed E-state index contributed by atoms with van der Waals surface area (Å²) >= 11 is 1.68. The highest BCUT2D eigenvalue weighted by Gasteiger charge is 2.17. The topological polar surface area (TPSA) is 41.1 Å². The lowest BCUT2D eigenvalue weighted by Gasteiger charge is -2.20. The average molecular weight is 212 g/mol. The van der Waals surface area contributed by atoms with Crippen LogP contribution in [0.4, 0.5) is 5.13 Å². The van der Waals surface area contributed by atoms with E-state index in [9.17, 15) is 0 Å². The highest BCUT2D eigenvalue weighted by molar-refractivity contribution is 7.15. The van der Waals surface area contributed by atoms with Gasteiger partial charge < -0.3 is 10.2 Å². The number of aryl methyl sites for hydroxylation is 1. The molecule has 1 N–H and O–H groups in total. The summed E-state index contributed by atoms with van der Waals surface area (Å²) in [5.74, 6) is 0.682. The Hall–Kier alpha value is -0.680. The summed E-state index contributed by atoms with van der Waals surface area (Å²) in [5.41, 5.74) is 0. The van der Waals surface area contributed by atoms with Crippen molar-refractivity contribution in [2.45, 2.75) is 13.8 Å². The Morgan fingerprint density at radius 1 is 1.50 bits per heavy atom. The van der Waals surface area contributed by atoms with E-state index in [1.54, 1.807) is 11.3 Å². The first-order valence-corrected chi connectivity index (χ1v) is 5.83. The highest BCUT2D eigenvalue weighted by atomic mass is 32.1. The Morgan fingerprint density at radius 3 is 3.07 bits per heavy atom. The van der Waals surface area contributed by atoms with Crippen molar-refractivity contribution in [1.29, 1.82) is 0 Å². The van der Waals surface area contributed by atoms with Crippen LogP contribution in [0.5, 0.6) is 0 Å². The second-order valence-electron chi connectivity index (χ2n) is 3.86. The fourth-order valence-corrected chi connectivity index (χ4v) is 2.40. The molecule has 1 fully saturated rings.